The van der Waals surface area contributed by atoms with Crippen molar-refractivity contribution in [2.45, 2.75) is 40.2 Å². The topological polar surface area (TPSA) is 32.7 Å². The van der Waals surface area contributed by atoms with Crippen LogP contribution in [0, 0.1) is 5.92 Å². The summed E-state index contributed by atoms with van der Waals surface area (Å²) in [6, 6.07) is 3.88. The van der Waals surface area contributed by atoms with Gasteiger partial charge in [-0.1, -0.05) is 33.6 Å². The first kappa shape index (κ1) is 17.3. The molecule has 3 nitrogen and oxygen atoms in total. The molecule has 0 radical (unpaired) electrons. The van der Waals surface area contributed by atoms with Gasteiger partial charge < -0.3 is 9.84 Å². The fraction of sp³-hybridized carbons (Fsp3) is 0.625. The standard InChI is InChI=1S/C16H26BrNO2/c1-5-12(6-2)10-18(7-3)11-13-8-14(17)16(19)15(9-13)20-4/h8-9,12,19H,5-7,10-11H2,1-4H3. The third-order valence-corrected chi connectivity index (χ3v) is 4.44. The average molecular weight is 344 g/mol. The molecule has 4 heteroatoms. The van der Waals surface area contributed by atoms with Gasteiger partial charge >= 0.3 is 0 Å². The Morgan fingerprint density at radius 3 is 2.40 bits per heavy atom. The van der Waals surface area contributed by atoms with Gasteiger partial charge in [0.25, 0.3) is 0 Å². The fourth-order valence-corrected chi connectivity index (χ4v) is 2.84. The predicted octanol–water partition coefficient (Wildman–Crippen LogP) is 4.42. The van der Waals surface area contributed by atoms with Crippen LogP contribution in [-0.4, -0.2) is 30.2 Å². The summed E-state index contributed by atoms with van der Waals surface area (Å²) in [5.74, 6) is 1.43. The Hall–Kier alpha value is -0.740. The van der Waals surface area contributed by atoms with Gasteiger partial charge in [-0.25, -0.2) is 0 Å². The van der Waals surface area contributed by atoms with Crippen molar-refractivity contribution >= 4 is 15.9 Å². The van der Waals surface area contributed by atoms with Gasteiger partial charge in [-0.05, 0) is 46.1 Å². The first-order valence-electron chi connectivity index (χ1n) is 7.33. The minimum Gasteiger partial charge on any atom is -0.503 e. The lowest BCUT2D eigenvalue weighted by molar-refractivity contribution is 0.226. The molecule has 0 heterocycles. The van der Waals surface area contributed by atoms with Crippen LogP contribution in [0.1, 0.15) is 39.2 Å². The zero-order chi connectivity index (χ0) is 15.1. The van der Waals surface area contributed by atoms with Gasteiger partial charge in [-0.2, -0.15) is 0 Å². The van der Waals surface area contributed by atoms with E-state index in [1.54, 1.807) is 7.11 Å². The highest BCUT2D eigenvalue weighted by Gasteiger charge is 2.13. The summed E-state index contributed by atoms with van der Waals surface area (Å²) in [6.45, 7) is 9.71. The number of phenols is 1. The number of nitrogens with zero attached hydrogens (tertiary/aromatic N) is 1. The van der Waals surface area contributed by atoms with E-state index in [2.05, 4.69) is 41.6 Å². The van der Waals surface area contributed by atoms with E-state index in [1.807, 2.05) is 12.1 Å². The lowest BCUT2D eigenvalue weighted by atomic mass is 10.0. The van der Waals surface area contributed by atoms with Crippen LogP contribution in [0.15, 0.2) is 16.6 Å². The highest BCUT2D eigenvalue weighted by Crippen LogP contribution is 2.35. The van der Waals surface area contributed by atoms with E-state index in [4.69, 9.17) is 4.74 Å². The van der Waals surface area contributed by atoms with Crippen LogP contribution < -0.4 is 4.74 Å². The molecule has 1 N–H and O–H groups in total. The SMILES string of the molecule is CCC(CC)CN(CC)Cc1cc(Br)c(O)c(OC)c1. The van der Waals surface area contributed by atoms with Crippen LogP contribution >= 0.6 is 15.9 Å². The van der Waals surface area contributed by atoms with Crippen LogP contribution in [0.25, 0.3) is 0 Å². The fourth-order valence-electron chi connectivity index (χ4n) is 2.35. The highest BCUT2D eigenvalue weighted by molar-refractivity contribution is 9.10. The molecule has 0 fully saturated rings. The van der Waals surface area contributed by atoms with Crippen LogP contribution in [0.5, 0.6) is 11.5 Å². The molecule has 0 aromatic heterocycles. The van der Waals surface area contributed by atoms with Gasteiger partial charge in [-0.15, -0.1) is 0 Å². The van der Waals surface area contributed by atoms with Crippen molar-refractivity contribution in [1.82, 2.24) is 4.90 Å². The van der Waals surface area contributed by atoms with Gasteiger partial charge in [0.2, 0.25) is 0 Å². The molecule has 0 saturated carbocycles. The molecule has 0 aliphatic rings. The minimum atomic E-state index is 0.166. The van der Waals surface area contributed by atoms with E-state index < -0.39 is 0 Å². The monoisotopic (exact) mass is 343 g/mol. The third kappa shape index (κ3) is 4.67. The van der Waals surface area contributed by atoms with E-state index >= 15 is 0 Å². The normalized spacial score (nSPS) is 11.3. The molecule has 114 valence electrons. The molecule has 0 atom stereocenters. The molecule has 0 bridgehead atoms. The summed E-state index contributed by atoms with van der Waals surface area (Å²) in [6.07, 6.45) is 2.44. The molecule has 1 aromatic carbocycles. The Balaban J connectivity index is 2.82. The van der Waals surface area contributed by atoms with Gasteiger partial charge in [-0.3, -0.25) is 4.90 Å². The number of methoxy groups -OCH3 is 1. The molecule has 0 aliphatic carbocycles. The van der Waals surface area contributed by atoms with E-state index in [9.17, 15) is 5.11 Å². The number of ether oxygens (including phenoxy) is 1. The maximum atomic E-state index is 9.85. The molecule has 0 saturated heterocycles. The van der Waals surface area contributed by atoms with Crippen molar-refractivity contribution in [3.05, 3.63) is 22.2 Å². The van der Waals surface area contributed by atoms with E-state index in [0.29, 0.717) is 10.2 Å². The average Bonchev–Trinajstić information content (AvgIpc) is 2.46. The number of phenolic OH excluding ortho intramolecular Hbond substituents is 1. The molecule has 20 heavy (non-hydrogen) atoms. The van der Waals surface area contributed by atoms with Crippen LogP contribution in [0.2, 0.25) is 0 Å². The number of hydrogen-bond donors (Lipinski definition) is 1. The predicted molar refractivity (Wildman–Crippen MR) is 87.4 cm³/mol. The first-order valence-corrected chi connectivity index (χ1v) is 8.12. The van der Waals surface area contributed by atoms with Crippen LogP contribution in [0.4, 0.5) is 0 Å². The van der Waals surface area contributed by atoms with Crippen molar-refractivity contribution in [2.75, 3.05) is 20.2 Å². The molecular formula is C16H26BrNO2. The Morgan fingerprint density at radius 1 is 1.25 bits per heavy atom. The maximum absolute atomic E-state index is 9.85. The molecule has 0 unspecified atom stereocenters. The largest absolute Gasteiger partial charge is 0.503 e. The van der Waals surface area contributed by atoms with Crippen LogP contribution in [0.3, 0.4) is 0 Å². The summed E-state index contributed by atoms with van der Waals surface area (Å²) in [7, 11) is 1.58. The third-order valence-electron chi connectivity index (χ3n) is 3.83. The lowest BCUT2D eigenvalue weighted by Crippen LogP contribution is -2.28. The highest BCUT2D eigenvalue weighted by atomic mass is 79.9. The Bertz CT molecular complexity index is 419. The van der Waals surface area contributed by atoms with Gasteiger partial charge in [0.05, 0.1) is 11.6 Å². The lowest BCUT2D eigenvalue weighted by Gasteiger charge is -2.25. The second-order valence-electron chi connectivity index (χ2n) is 5.14. The summed E-state index contributed by atoms with van der Waals surface area (Å²) in [5, 5.41) is 9.85. The van der Waals surface area contributed by atoms with Crippen molar-refractivity contribution in [1.29, 1.82) is 0 Å². The smallest absolute Gasteiger partial charge is 0.172 e. The van der Waals surface area contributed by atoms with Crippen molar-refractivity contribution < 1.29 is 9.84 Å². The molecule has 0 aliphatic heterocycles. The second-order valence-corrected chi connectivity index (χ2v) is 5.99. The maximum Gasteiger partial charge on any atom is 0.172 e. The van der Waals surface area contributed by atoms with E-state index in [-0.39, 0.29) is 5.75 Å². The molecular weight excluding hydrogens is 318 g/mol. The number of rotatable bonds is 8. The zero-order valence-electron chi connectivity index (χ0n) is 12.9. The number of aromatic hydroxyl groups is 1. The van der Waals surface area contributed by atoms with Gasteiger partial charge in [0.1, 0.15) is 0 Å². The summed E-state index contributed by atoms with van der Waals surface area (Å²) < 4.78 is 5.89. The molecule has 1 aromatic rings. The minimum absolute atomic E-state index is 0.166. The summed E-state index contributed by atoms with van der Waals surface area (Å²) in [5.41, 5.74) is 1.15. The zero-order valence-corrected chi connectivity index (χ0v) is 14.5. The molecule has 1 rings (SSSR count). The Morgan fingerprint density at radius 2 is 1.90 bits per heavy atom. The van der Waals surface area contributed by atoms with E-state index in [1.165, 1.54) is 12.8 Å². The van der Waals surface area contributed by atoms with E-state index in [0.717, 1.165) is 31.1 Å². The summed E-state index contributed by atoms with van der Waals surface area (Å²) >= 11 is 3.38. The van der Waals surface area contributed by atoms with Crippen molar-refractivity contribution in [3.8, 4) is 11.5 Å². The van der Waals surface area contributed by atoms with Gasteiger partial charge in [0, 0.05) is 13.1 Å². The quantitative estimate of drug-likeness (QED) is 0.758. The van der Waals surface area contributed by atoms with Crippen LogP contribution in [-0.2, 0) is 6.54 Å². The van der Waals surface area contributed by atoms with Crippen molar-refractivity contribution in [3.63, 3.8) is 0 Å². The number of benzene rings is 1. The van der Waals surface area contributed by atoms with Gasteiger partial charge in [0.15, 0.2) is 11.5 Å². The number of hydrogen-bond acceptors (Lipinski definition) is 3. The second kappa shape index (κ2) is 8.53. The van der Waals surface area contributed by atoms with Crippen molar-refractivity contribution in [2.24, 2.45) is 5.92 Å². The molecule has 0 spiro atoms. The molecule has 0 amide bonds. The number of halogens is 1. The first-order chi connectivity index (χ1) is 9.55. The Kier molecular flexibility index (Phi) is 7.38. The Labute approximate surface area is 131 Å². The summed E-state index contributed by atoms with van der Waals surface area (Å²) in [4.78, 5) is 2.44.